The van der Waals surface area contributed by atoms with Crippen LogP contribution in [0.5, 0.6) is 0 Å². The second kappa shape index (κ2) is 32.9. The molecule has 46 heavy (non-hydrogen) atoms. The summed E-state index contributed by atoms with van der Waals surface area (Å²) in [5, 5.41) is 28.6. The average molecular weight is 683 g/mol. The molecule has 0 aromatic carbocycles. The summed E-state index contributed by atoms with van der Waals surface area (Å²) in [5.41, 5.74) is 0. The Hall–Kier alpha value is -0.580. The van der Waals surface area contributed by atoms with Gasteiger partial charge in [0.1, 0.15) is 12.2 Å². The second-order valence-electron chi connectivity index (χ2n) is 12.8. The SMILES string of the molecule is CCCCCCCCCCCCCCCC(O)OC[C@H](COP(=O)(O)OC[C@@H](O)CO)OC(=O)CCCCCCCCCCCC. The van der Waals surface area contributed by atoms with Gasteiger partial charge in [-0.05, 0) is 19.3 Å². The molecule has 11 heteroatoms. The number of ether oxygens (including phenoxy) is 2. The number of hydrogen-bond acceptors (Lipinski definition) is 9. The lowest BCUT2D eigenvalue weighted by atomic mass is 10.0. The Morgan fingerprint density at radius 1 is 0.609 bits per heavy atom. The van der Waals surface area contributed by atoms with E-state index in [0.29, 0.717) is 12.8 Å². The molecule has 0 rings (SSSR count). The van der Waals surface area contributed by atoms with Crippen LogP contribution in [-0.4, -0.2) is 71.1 Å². The van der Waals surface area contributed by atoms with Crippen molar-refractivity contribution in [3.8, 4) is 0 Å². The fourth-order valence-electron chi connectivity index (χ4n) is 5.20. The van der Waals surface area contributed by atoms with Gasteiger partial charge >= 0.3 is 13.8 Å². The molecule has 0 spiro atoms. The number of rotatable bonds is 36. The van der Waals surface area contributed by atoms with Gasteiger partial charge in [0.2, 0.25) is 0 Å². The van der Waals surface area contributed by atoms with Crippen LogP contribution in [0.3, 0.4) is 0 Å². The number of phosphoric acid groups is 1. The largest absolute Gasteiger partial charge is 0.472 e. The van der Waals surface area contributed by atoms with E-state index in [1.165, 1.54) is 103 Å². The normalized spacial score (nSPS) is 15.0. The van der Waals surface area contributed by atoms with Crippen LogP contribution in [0.15, 0.2) is 0 Å². The van der Waals surface area contributed by atoms with Crippen molar-refractivity contribution in [2.45, 2.75) is 193 Å². The van der Waals surface area contributed by atoms with Gasteiger partial charge < -0.3 is 29.7 Å². The molecule has 276 valence electrons. The van der Waals surface area contributed by atoms with Crippen LogP contribution in [0.1, 0.15) is 174 Å². The number of phosphoric ester groups is 1. The lowest BCUT2D eigenvalue weighted by Gasteiger charge is -2.22. The topological polar surface area (TPSA) is 152 Å². The quantitative estimate of drug-likeness (QED) is 0.0219. The minimum Gasteiger partial charge on any atom is -0.457 e. The lowest BCUT2D eigenvalue weighted by molar-refractivity contribution is -0.166. The van der Waals surface area contributed by atoms with Gasteiger partial charge in [-0.25, -0.2) is 4.57 Å². The van der Waals surface area contributed by atoms with Crippen LogP contribution in [0.25, 0.3) is 0 Å². The van der Waals surface area contributed by atoms with Gasteiger partial charge in [-0.15, -0.1) is 0 Å². The molecule has 2 unspecified atom stereocenters. The third kappa shape index (κ3) is 32.0. The highest BCUT2D eigenvalue weighted by Crippen LogP contribution is 2.43. The molecule has 4 atom stereocenters. The van der Waals surface area contributed by atoms with Crippen LogP contribution in [-0.2, 0) is 27.9 Å². The summed E-state index contributed by atoms with van der Waals surface area (Å²) in [4.78, 5) is 22.4. The number of aliphatic hydroxyl groups is 3. The highest BCUT2D eigenvalue weighted by molar-refractivity contribution is 7.47. The standard InChI is InChI=1S/C35H71O10P/c1-3-5-7-9-11-13-15-16-17-19-20-22-24-26-34(38)42-30-33(31-44-46(40,41)43-29-32(37)28-36)45-35(39)27-25-23-21-18-14-12-10-8-6-4-2/h32-34,36-38H,3-31H2,1-2H3,(H,40,41)/t32-,33+,34?/m0/s1. The second-order valence-corrected chi connectivity index (χ2v) is 14.2. The van der Waals surface area contributed by atoms with Gasteiger partial charge in [0.05, 0.1) is 26.4 Å². The first kappa shape index (κ1) is 45.4. The molecular weight excluding hydrogens is 611 g/mol. The first-order chi connectivity index (χ1) is 22.2. The number of unbranched alkanes of at least 4 members (excludes halogenated alkanes) is 21. The molecule has 0 saturated heterocycles. The van der Waals surface area contributed by atoms with Crippen LogP contribution < -0.4 is 0 Å². The molecule has 0 saturated carbocycles. The van der Waals surface area contributed by atoms with Crippen LogP contribution in [0.4, 0.5) is 0 Å². The maximum atomic E-state index is 12.5. The summed E-state index contributed by atoms with van der Waals surface area (Å²) >= 11 is 0. The Bertz CT molecular complexity index is 711. The van der Waals surface area contributed by atoms with E-state index in [-0.39, 0.29) is 13.0 Å². The third-order valence-corrected chi connectivity index (χ3v) is 9.08. The van der Waals surface area contributed by atoms with Crippen LogP contribution in [0, 0.1) is 0 Å². The summed E-state index contributed by atoms with van der Waals surface area (Å²) in [5.74, 6) is -0.466. The van der Waals surface area contributed by atoms with Gasteiger partial charge in [-0.2, -0.15) is 0 Å². The van der Waals surface area contributed by atoms with E-state index in [2.05, 4.69) is 18.4 Å². The fourth-order valence-corrected chi connectivity index (χ4v) is 5.99. The van der Waals surface area contributed by atoms with Gasteiger partial charge in [-0.3, -0.25) is 13.8 Å². The highest BCUT2D eigenvalue weighted by atomic mass is 31.2. The molecule has 0 aromatic rings. The zero-order chi connectivity index (χ0) is 34.1. The molecule has 0 heterocycles. The van der Waals surface area contributed by atoms with Crippen molar-refractivity contribution in [1.29, 1.82) is 0 Å². The molecule has 0 fully saturated rings. The van der Waals surface area contributed by atoms with E-state index in [1.54, 1.807) is 0 Å². The number of carbonyl (C=O) groups excluding carboxylic acids is 1. The molecule has 0 aliphatic carbocycles. The predicted molar refractivity (Wildman–Crippen MR) is 183 cm³/mol. The molecule has 0 amide bonds. The van der Waals surface area contributed by atoms with Gasteiger partial charge in [0.25, 0.3) is 0 Å². The van der Waals surface area contributed by atoms with E-state index < -0.39 is 52.1 Å². The van der Waals surface area contributed by atoms with Crippen molar-refractivity contribution in [3.05, 3.63) is 0 Å². The number of hydrogen-bond donors (Lipinski definition) is 4. The predicted octanol–water partition coefficient (Wildman–Crippen LogP) is 8.51. The minimum atomic E-state index is -4.57. The monoisotopic (exact) mass is 682 g/mol. The Morgan fingerprint density at radius 3 is 1.48 bits per heavy atom. The van der Waals surface area contributed by atoms with Crippen molar-refractivity contribution in [2.24, 2.45) is 0 Å². The highest BCUT2D eigenvalue weighted by Gasteiger charge is 2.27. The van der Waals surface area contributed by atoms with Crippen molar-refractivity contribution in [2.75, 3.05) is 26.4 Å². The maximum absolute atomic E-state index is 12.5. The molecule has 0 aliphatic heterocycles. The van der Waals surface area contributed by atoms with Gasteiger partial charge in [-0.1, -0.05) is 149 Å². The fraction of sp³-hybridized carbons (Fsp3) is 0.971. The summed E-state index contributed by atoms with van der Waals surface area (Å²) in [6.45, 7) is 2.53. The molecule has 10 nitrogen and oxygen atoms in total. The van der Waals surface area contributed by atoms with E-state index in [1.807, 2.05) is 0 Å². The number of esters is 1. The van der Waals surface area contributed by atoms with E-state index in [0.717, 1.165) is 38.5 Å². The zero-order valence-corrected chi connectivity index (χ0v) is 30.3. The average Bonchev–Trinajstić information content (AvgIpc) is 3.04. The lowest BCUT2D eigenvalue weighted by Crippen LogP contribution is -2.30. The molecule has 0 bridgehead atoms. The van der Waals surface area contributed by atoms with Gasteiger partial charge in [0.15, 0.2) is 6.29 Å². The van der Waals surface area contributed by atoms with E-state index in [4.69, 9.17) is 19.1 Å². The molecule has 0 aliphatic rings. The van der Waals surface area contributed by atoms with E-state index >= 15 is 0 Å². The third-order valence-electron chi connectivity index (χ3n) is 8.13. The van der Waals surface area contributed by atoms with Crippen molar-refractivity contribution in [3.63, 3.8) is 0 Å². The van der Waals surface area contributed by atoms with Crippen LogP contribution >= 0.6 is 7.82 Å². The Labute approximate surface area is 280 Å². The summed E-state index contributed by atoms with van der Waals surface area (Å²) < 4.78 is 32.8. The van der Waals surface area contributed by atoms with Gasteiger partial charge in [0, 0.05) is 6.42 Å². The molecule has 0 aromatic heterocycles. The summed E-state index contributed by atoms with van der Waals surface area (Å²) in [6, 6.07) is 0. The van der Waals surface area contributed by atoms with E-state index in [9.17, 15) is 24.5 Å². The van der Waals surface area contributed by atoms with Crippen LogP contribution in [0.2, 0.25) is 0 Å². The smallest absolute Gasteiger partial charge is 0.457 e. The van der Waals surface area contributed by atoms with Crippen molar-refractivity contribution < 1.29 is 48.1 Å². The maximum Gasteiger partial charge on any atom is 0.472 e. The Kier molecular flexibility index (Phi) is 32.5. The summed E-state index contributed by atoms with van der Waals surface area (Å²) in [6.07, 6.45) is 24.7. The molecule has 0 radical (unpaired) electrons. The Balaban J connectivity index is 4.34. The first-order valence-corrected chi connectivity index (χ1v) is 20.1. The Morgan fingerprint density at radius 2 is 1.02 bits per heavy atom. The number of carbonyl (C=O) groups is 1. The number of aliphatic hydroxyl groups excluding tert-OH is 3. The zero-order valence-electron chi connectivity index (χ0n) is 29.4. The molecule has 4 N–H and O–H groups in total. The first-order valence-electron chi connectivity index (χ1n) is 18.6. The minimum absolute atomic E-state index is 0.206. The van der Waals surface area contributed by atoms with Crippen molar-refractivity contribution in [1.82, 2.24) is 0 Å². The molecular formula is C35H71O10P. The summed E-state index contributed by atoms with van der Waals surface area (Å²) in [7, 11) is -4.57. The van der Waals surface area contributed by atoms with Crippen molar-refractivity contribution >= 4 is 13.8 Å².